The number of hydrogen-bond donors (Lipinski definition) is 3. The molecule has 13 heteroatoms. The highest BCUT2D eigenvalue weighted by Gasteiger charge is 2.61. The molecular formula is C26H28F3N5O4S. The van der Waals surface area contributed by atoms with Crippen molar-refractivity contribution < 1.29 is 32.5 Å². The zero-order chi connectivity index (χ0) is 27.2. The van der Waals surface area contributed by atoms with Crippen molar-refractivity contribution >= 4 is 32.6 Å². The molecule has 2 aliphatic carbocycles. The third-order valence-corrected chi connectivity index (χ3v) is 8.66. The van der Waals surface area contributed by atoms with Crippen LogP contribution in [0.15, 0.2) is 30.6 Å². The zero-order valence-electron chi connectivity index (χ0n) is 20.9. The van der Waals surface area contributed by atoms with Gasteiger partial charge in [0.05, 0.1) is 35.6 Å². The number of aromatic nitrogens is 3. The van der Waals surface area contributed by atoms with Crippen molar-refractivity contribution in [2.45, 2.75) is 68.7 Å². The molecule has 208 valence electrons. The average Bonchev–Trinajstić information content (AvgIpc) is 3.44. The first-order valence-electron chi connectivity index (χ1n) is 12.9. The molecule has 3 aliphatic rings. The predicted octanol–water partition coefficient (Wildman–Crippen LogP) is 3.82. The van der Waals surface area contributed by atoms with E-state index in [2.05, 4.69) is 25.6 Å². The molecule has 0 spiro atoms. The first-order valence-corrected chi connectivity index (χ1v) is 13.8. The molecule has 6 rings (SSSR count). The van der Waals surface area contributed by atoms with Crippen LogP contribution in [-0.4, -0.2) is 69.1 Å². The normalized spacial score (nSPS) is 26.3. The molecule has 1 aliphatic heterocycles. The Morgan fingerprint density at radius 1 is 1.18 bits per heavy atom. The van der Waals surface area contributed by atoms with E-state index in [1.165, 1.54) is 11.3 Å². The molecule has 3 N–H and O–H groups in total. The zero-order valence-corrected chi connectivity index (χ0v) is 21.7. The van der Waals surface area contributed by atoms with Gasteiger partial charge in [0.2, 0.25) is 5.91 Å². The number of carbonyl (C=O) groups excluding carboxylic acids is 1. The number of alkyl halides is 3. The fourth-order valence-corrected chi connectivity index (χ4v) is 6.11. The van der Waals surface area contributed by atoms with E-state index in [4.69, 9.17) is 9.47 Å². The summed E-state index contributed by atoms with van der Waals surface area (Å²) < 4.78 is 51.4. The second kappa shape index (κ2) is 10.4. The van der Waals surface area contributed by atoms with Gasteiger partial charge in [-0.15, -0.1) is 0 Å². The summed E-state index contributed by atoms with van der Waals surface area (Å²) in [7, 11) is 0. The third kappa shape index (κ3) is 5.38. The van der Waals surface area contributed by atoms with Crippen molar-refractivity contribution in [1.82, 2.24) is 20.3 Å². The minimum atomic E-state index is -4.39. The number of aliphatic hydroxyl groups excluding tert-OH is 1. The molecule has 0 bridgehead atoms. The second-order valence-electron chi connectivity index (χ2n) is 10.5. The minimum Gasteiger partial charge on any atom is -0.390 e. The molecule has 2 aromatic heterocycles. The van der Waals surface area contributed by atoms with Crippen LogP contribution < -0.4 is 10.6 Å². The molecular weight excluding hydrogens is 535 g/mol. The van der Waals surface area contributed by atoms with Gasteiger partial charge in [0, 0.05) is 29.9 Å². The summed E-state index contributed by atoms with van der Waals surface area (Å²) in [5.74, 6) is -0.0627. The molecule has 39 heavy (non-hydrogen) atoms. The van der Waals surface area contributed by atoms with E-state index in [0.29, 0.717) is 23.8 Å². The topological polar surface area (TPSA) is 118 Å². The summed E-state index contributed by atoms with van der Waals surface area (Å²) in [4.78, 5) is 25.9. The molecule has 9 nitrogen and oxygen atoms in total. The Hall–Kier alpha value is -2.71. The van der Waals surface area contributed by atoms with E-state index < -0.39 is 31.0 Å². The summed E-state index contributed by atoms with van der Waals surface area (Å²) in [5, 5.41) is 15.8. The van der Waals surface area contributed by atoms with Crippen molar-refractivity contribution in [3.05, 3.63) is 36.4 Å². The highest BCUT2D eigenvalue weighted by atomic mass is 32.1. The number of carbonyl (C=O) groups is 1. The van der Waals surface area contributed by atoms with Gasteiger partial charge in [0.1, 0.15) is 6.61 Å². The van der Waals surface area contributed by atoms with Gasteiger partial charge in [-0.05, 0) is 49.8 Å². The van der Waals surface area contributed by atoms with E-state index in [-0.39, 0.29) is 30.6 Å². The number of hydrogen-bond acceptors (Lipinski definition) is 9. The maximum Gasteiger partial charge on any atom is 0.411 e. The SMILES string of the molecule is O=C(Nc1nc2ccc(-c3cnc(CO[C@H]4CCC[C@@H]4O)nc3)cc2s1)C1CC(NC2(C(F)(F)F)COC2)C1. The molecule has 1 amide bonds. The Kier molecular flexibility index (Phi) is 7.04. The van der Waals surface area contributed by atoms with Crippen molar-refractivity contribution in [3.8, 4) is 11.1 Å². The van der Waals surface area contributed by atoms with Crippen molar-refractivity contribution in [3.63, 3.8) is 0 Å². The van der Waals surface area contributed by atoms with Gasteiger partial charge in [-0.1, -0.05) is 17.4 Å². The number of benzene rings is 1. The van der Waals surface area contributed by atoms with Gasteiger partial charge in [-0.25, -0.2) is 15.0 Å². The van der Waals surface area contributed by atoms with E-state index in [0.717, 1.165) is 40.6 Å². The first-order chi connectivity index (χ1) is 18.7. The number of anilines is 1. The van der Waals surface area contributed by atoms with E-state index >= 15 is 0 Å². The van der Waals surface area contributed by atoms with E-state index in [1.807, 2.05) is 18.2 Å². The molecule has 0 radical (unpaired) electrons. The predicted molar refractivity (Wildman–Crippen MR) is 137 cm³/mol. The van der Waals surface area contributed by atoms with Crippen molar-refractivity contribution in [1.29, 1.82) is 0 Å². The van der Waals surface area contributed by atoms with Gasteiger partial charge in [0.25, 0.3) is 0 Å². The van der Waals surface area contributed by atoms with Crippen LogP contribution in [0.1, 0.15) is 37.9 Å². The highest BCUT2D eigenvalue weighted by molar-refractivity contribution is 7.22. The molecule has 3 heterocycles. The van der Waals surface area contributed by atoms with Gasteiger partial charge in [-0.3, -0.25) is 10.1 Å². The van der Waals surface area contributed by atoms with Crippen LogP contribution in [0.5, 0.6) is 0 Å². The van der Waals surface area contributed by atoms with Crippen LogP contribution >= 0.6 is 11.3 Å². The number of thiazole rings is 1. The van der Waals surface area contributed by atoms with Crippen LogP contribution in [0.3, 0.4) is 0 Å². The summed E-state index contributed by atoms with van der Waals surface area (Å²) in [6.45, 7) is -0.546. The molecule has 2 saturated carbocycles. The summed E-state index contributed by atoms with van der Waals surface area (Å²) >= 11 is 1.33. The Morgan fingerprint density at radius 2 is 1.95 bits per heavy atom. The lowest BCUT2D eigenvalue weighted by Gasteiger charge is -2.48. The highest BCUT2D eigenvalue weighted by Crippen LogP contribution is 2.40. The van der Waals surface area contributed by atoms with Gasteiger partial charge in [0.15, 0.2) is 16.5 Å². The molecule has 3 aromatic rings. The number of amides is 1. The van der Waals surface area contributed by atoms with Crippen LogP contribution in [0.2, 0.25) is 0 Å². The number of aliphatic hydroxyl groups is 1. The number of halogens is 3. The van der Waals surface area contributed by atoms with E-state index in [1.54, 1.807) is 12.4 Å². The number of nitrogens with zero attached hydrogens (tertiary/aromatic N) is 3. The number of fused-ring (bicyclic) bond motifs is 1. The number of nitrogens with one attached hydrogen (secondary N) is 2. The standard InChI is InChI=1S/C26H28F3N5O4S/c27-26(28,29)25(12-37-13-25)34-17-6-15(7-17)23(36)33-24-32-18-5-4-14(8-21(18)39-24)16-9-30-22(31-10-16)11-38-20-3-1-2-19(20)35/h4-5,8-10,15,17,19-20,34-35H,1-3,6-7,11-13H2,(H,32,33,36)/t15?,17?,19-,20-/m0/s1. The second-order valence-corrected chi connectivity index (χ2v) is 11.5. The van der Waals surface area contributed by atoms with Crippen molar-refractivity contribution in [2.24, 2.45) is 5.92 Å². The fraction of sp³-hybridized carbons (Fsp3) is 0.538. The lowest BCUT2D eigenvalue weighted by molar-refractivity contribution is -0.272. The summed E-state index contributed by atoms with van der Waals surface area (Å²) in [5.41, 5.74) is 0.448. The lowest BCUT2D eigenvalue weighted by atomic mass is 9.77. The maximum absolute atomic E-state index is 13.3. The van der Waals surface area contributed by atoms with Crippen LogP contribution in [0.25, 0.3) is 21.3 Å². The number of rotatable bonds is 8. The molecule has 0 unspecified atom stereocenters. The summed E-state index contributed by atoms with van der Waals surface area (Å²) in [6.07, 6.45) is 1.70. The van der Waals surface area contributed by atoms with Crippen LogP contribution in [0.4, 0.5) is 18.3 Å². The van der Waals surface area contributed by atoms with E-state index in [9.17, 15) is 23.1 Å². The van der Waals surface area contributed by atoms with Gasteiger partial charge in [-0.2, -0.15) is 13.2 Å². The molecule has 1 saturated heterocycles. The Bertz CT molecular complexity index is 1340. The quantitative estimate of drug-likeness (QED) is 0.379. The van der Waals surface area contributed by atoms with Crippen molar-refractivity contribution in [2.75, 3.05) is 18.5 Å². The third-order valence-electron chi connectivity index (χ3n) is 7.73. The Balaban J connectivity index is 1.03. The molecule has 1 aromatic carbocycles. The molecule has 3 fully saturated rings. The van der Waals surface area contributed by atoms with Gasteiger partial charge >= 0.3 is 6.18 Å². The Morgan fingerprint density at radius 3 is 2.59 bits per heavy atom. The lowest BCUT2D eigenvalue weighted by Crippen LogP contribution is -2.72. The average molecular weight is 564 g/mol. The largest absolute Gasteiger partial charge is 0.411 e. The van der Waals surface area contributed by atoms with Gasteiger partial charge < -0.3 is 19.9 Å². The fourth-order valence-electron chi connectivity index (χ4n) is 5.20. The maximum atomic E-state index is 13.3. The Labute approximate surface area is 226 Å². The van der Waals surface area contributed by atoms with Crippen LogP contribution in [0, 0.1) is 5.92 Å². The number of ether oxygens (including phenoxy) is 2. The van der Waals surface area contributed by atoms with Crippen LogP contribution in [-0.2, 0) is 20.9 Å². The molecule has 2 atom stereocenters. The smallest absolute Gasteiger partial charge is 0.390 e. The summed E-state index contributed by atoms with van der Waals surface area (Å²) in [6, 6.07) is 5.34. The minimum absolute atomic E-state index is 0.164. The monoisotopic (exact) mass is 563 g/mol. The first kappa shape index (κ1) is 26.5.